The van der Waals surface area contributed by atoms with E-state index in [0.29, 0.717) is 34.6 Å². The van der Waals surface area contributed by atoms with E-state index < -0.39 is 0 Å². The average molecular weight is 300 g/mol. The van der Waals surface area contributed by atoms with Crippen molar-refractivity contribution in [1.29, 1.82) is 0 Å². The molecule has 0 saturated heterocycles. The van der Waals surface area contributed by atoms with E-state index >= 15 is 0 Å². The molecule has 0 aliphatic carbocycles. The molecule has 5 N–H and O–H groups in total. The summed E-state index contributed by atoms with van der Waals surface area (Å²) in [7, 11) is 3.14. The highest BCUT2D eigenvalue weighted by atomic mass is 16.5. The summed E-state index contributed by atoms with van der Waals surface area (Å²) >= 11 is 0. The molecule has 8 nitrogen and oxygen atoms in total. The predicted molar refractivity (Wildman–Crippen MR) is 82.9 cm³/mol. The fraction of sp³-hybridized carbons (Fsp3) is 0.214. The van der Waals surface area contributed by atoms with Gasteiger partial charge in [0.05, 0.1) is 37.1 Å². The molecule has 0 aliphatic rings. The Morgan fingerprint density at radius 2 is 2.00 bits per heavy atom. The number of imidazole rings is 1. The average Bonchev–Trinajstić information content (AvgIpc) is 2.98. The molecule has 22 heavy (non-hydrogen) atoms. The molecule has 0 fully saturated rings. The van der Waals surface area contributed by atoms with Crippen LogP contribution in [0, 0.1) is 0 Å². The first kappa shape index (κ1) is 13.9. The number of nitrogen functional groups attached to an aromatic ring is 2. The number of ether oxygens (including phenoxy) is 2. The molecule has 0 radical (unpaired) electrons. The van der Waals surface area contributed by atoms with Crippen LogP contribution in [-0.4, -0.2) is 34.2 Å². The molecule has 8 heteroatoms. The minimum atomic E-state index is 0.114. The van der Waals surface area contributed by atoms with Crippen molar-refractivity contribution < 1.29 is 9.47 Å². The van der Waals surface area contributed by atoms with Crippen LogP contribution >= 0.6 is 0 Å². The number of aromatic amines is 1. The number of rotatable bonds is 4. The van der Waals surface area contributed by atoms with Gasteiger partial charge in [-0.15, -0.1) is 0 Å². The molecular weight excluding hydrogens is 284 g/mol. The molecule has 1 aromatic carbocycles. The van der Waals surface area contributed by atoms with Crippen molar-refractivity contribution in [3.05, 3.63) is 29.8 Å². The van der Waals surface area contributed by atoms with Gasteiger partial charge in [0.15, 0.2) is 11.5 Å². The predicted octanol–water partition coefficient (Wildman–Crippen LogP) is 1.13. The molecular formula is C14H16N6O2. The Morgan fingerprint density at radius 3 is 2.64 bits per heavy atom. The van der Waals surface area contributed by atoms with E-state index in [2.05, 4.69) is 19.9 Å². The van der Waals surface area contributed by atoms with E-state index in [0.717, 1.165) is 11.3 Å². The van der Waals surface area contributed by atoms with Crippen molar-refractivity contribution in [2.45, 2.75) is 6.42 Å². The number of hydrogen-bond acceptors (Lipinski definition) is 7. The molecule has 0 amide bonds. The molecule has 0 saturated carbocycles. The maximum atomic E-state index is 6.05. The van der Waals surface area contributed by atoms with Gasteiger partial charge in [-0.3, -0.25) is 0 Å². The third-order valence-electron chi connectivity index (χ3n) is 3.39. The second kappa shape index (κ2) is 5.40. The van der Waals surface area contributed by atoms with Crippen molar-refractivity contribution in [2.24, 2.45) is 0 Å². The molecule has 2 heterocycles. The lowest BCUT2D eigenvalue weighted by atomic mass is 10.0. The summed E-state index contributed by atoms with van der Waals surface area (Å²) in [5.41, 5.74) is 14.0. The highest BCUT2D eigenvalue weighted by Crippen LogP contribution is 2.39. The Hall–Kier alpha value is -3.03. The standard InChI is InChI=1S/C14H16N6O2/c1-21-10-4-9-11(13(15)20-14(16)19-9)8(12(10)22-2)3-7-5-17-6-18-7/h4-6H,3H2,1-2H3,(H,17,18)(H4,15,16,19,20). The first-order valence-electron chi connectivity index (χ1n) is 6.58. The molecule has 3 rings (SSSR count). The van der Waals surface area contributed by atoms with Crippen molar-refractivity contribution in [1.82, 2.24) is 19.9 Å². The van der Waals surface area contributed by atoms with E-state index in [1.807, 2.05) is 0 Å². The summed E-state index contributed by atoms with van der Waals surface area (Å²) < 4.78 is 10.9. The van der Waals surface area contributed by atoms with Crippen LogP contribution < -0.4 is 20.9 Å². The van der Waals surface area contributed by atoms with E-state index in [4.69, 9.17) is 20.9 Å². The Labute approximate surface area is 126 Å². The van der Waals surface area contributed by atoms with Crippen LogP contribution in [0.4, 0.5) is 11.8 Å². The monoisotopic (exact) mass is 300 g/mol. The largest absolute Gasteiger partial charge is 0.493 e. The summed E-state index contributed by atoms with van der Waals surface area (Å²) in [6, 6.07) is 1.73. The Morgan fingerprint density at radius 1 is 1.18 bits per heavy atom. The second-order valence-electron chi connectivity index (χ2n) is 4.69. The summed E-state index contributed by atoms with van der Waals surface area (Å²) in [4.78, 5) is 15.4. The van der Waals surface area contributed by atoms with Crippen LogP contribution in [0.3, 0.4) is 0 Å². The lowest BCUT2D eigenvalue weighted by molar-refractivity contribution is 0.353. The van der Waals surface area contributed by atoms with Gasteiger partial charge in [-0.2, -0.15) is 4.98 Å². The van der Waals surface area contributed by atoms with Crippen molar-refractivity contribution in [2.75, 3.05) is 25.7 Å². The summed E-state index contributed by atoms with van der Waals surface area (Å²) in [5, 5.41) is 0.690. The topological polar surface area (TPSA) is 125 Å². The Balaban J connectivity index is 2.33. The maximum absolute atomic E-state index is 6.05. The Kier molecular flexibility index (Phi) is 3.42. The maximum Gasteiger partial charge on any atom is 0.222 e. The zero-order valence-electron chi connectivity index (χ0n) is 12.3. The van der Waals surface area contributed by atoms with Crippen molar-refractivity contribution in [3.8, 4) is 11.5 Å². The van der Waals surface area contributed by atoms with Crippen molar-refractivity contribution in [3.63, 3.8) is 0 Å². The van der Waals surface area contributed by atoms with Crippen LogP contribution in [0.2, 0.25) is 0 Å². The normalized spacial score (nSPS) is 10.8. The number of benzene rings is 1. The van der Waals surface area contributed by atoms with Gasteiger partial charge < -0.3 is 25.9 Å². The summed E-state index contributed by atoms with van der Waals surface area (Å²) in [5.74, 6) is 1.55. The number of nitrogens with two attached hydrogens (primary N) is 2. The molecule has 114 valence electrons. The molecule has 0 aliphatic heterocycles. The number of aromatic nitrogens is 4. The van der Waals surface area contributed by atoms with Crippen LogP contribution in [0.25, 0.3) is 10.9 Å². The number of hydrogen-bond donors (Lipinski definition) is 3. The number of nitrogens with one attached hydrogen (secondary N) is 1. The highest BCUT2D eigenvalue weighted by Gasteiger charge is 2.19. The number of methoxy groups -OCH3 is 2. The zero-order valence-corrected chi connectivity index (χ0v) is 12.3. The van der Waals surface area contributed by atoms with E-state index in [1.54, 1.807) is 32.8 Å². The minimum Gasteiger partial charge on any atom is -0.493 e. The van der Waals surface area contributed by atoms with Gasteiger partial charge >= 0.3 is 0 Å². The van der Waals surface area contributed by atoms with Gasteiger partial charge in [0.25, 0.3) is 0 Å². The van der Waals surface area contributed by atoms with Gasteiger partial charge in [-0.05, 0) is 0 Å². The summed E-state index contributed by atoms with van der Waals surface area (Å²) in [6.45, 7) is 0. The van der Waals surface area contributed by atoms with E-state index in [1.165, 1.54) is 0 Å². The van der Waals surface area contributed by atoms with Gasteiger partial charge in [0, 0.05) is 24.2 Å². The van der Waals surface area contributed by atoms with Gasteiger partial charge in [-0.25, -0.2) is 9.97 Å². The zero-order chi connectivity index (χ0) is 15.7. The highest BCUT2D eigenvalue weighted by molar-refractivity contribution is 5.95. The fourth-order valence-electron chi connectivity index (χ4n) is 2.49. The van der Waals surface area contributed by atoms with Gasteiger partial charge in [-0.1, -0.05) is 0 Å². The quantitative estimate of drug-likeness (QED) is 0.659. The fourth-order valence-corrected chi connectivity index (χ4v) is 2.49. The van der Waals surface area contributed by atoms with Crippen LogP contribution in [0.5, 0.6) is 11.5 Å². The first-order chi connectivity index (χ1) is 10.6. The van der Waals surface area contributed by atoms with E-state index in [9.17, 15) is 0 Å². The SMILES string of the molecule is COc1cc2nc(N)nc(N)c2c(Cc2c[nH]cn2)c1OC. The Bertz CT molecular complexity index is 816. The van der Waals surface area contributed by atoms with Crippen molar-refractivity contribution >= 4 is 22.7 Å². The number of nitrogens with zero attached hydrogens (tertiary/aromatic N) is 3. The van der Waals surface area contributed by atoms with Gasteiger partial charge in [0.2, 0.25) is 5.95 Å². The van der Waals surface area contributed by atoms with E-state index in [-0.39, 0.29) is 5.95 Å². The lowest BCUT2D eigenvalue weighted by Crippen LogP contribution is -2.05. The number of H-pyrrole nitrogens is 1. The number of fused-ring (bicyclic) bond motifs is 1. The van der Waals surface area contributed by atoms with Crippen LogP contribution in [0.1, 0.15) is 11.3 Å². The molecule has 0 spiro atoms. The number of anilines is 2. The molecule has 0 bridgehead atoms. The van der Waals surface area contributed by atoms with Crippen LogP contribution in [0.15, 0.2) is 18.6 Å². The minimum absolute atomic E-state index is 0.114. The van der Waals surface area contributed by atoms with Crippen LogP contribution in [-0.2, 0) is 6.42 Å². The van der Waals surface area contributed by atoms with Gasteiger partial charge in [0.1, 0.15) is 5.82 Å². The molecule has 3 aromatic rings. The first-order valence-corrected chi connectivity index (χ1v) is 6.58. The third kappa shape index (κ3) is 2.24. The smallest absolute Gasteiger partial charge is 0.222 e. The molecule has 0 atom stereocenters. The summed E-state index contributed by atoms with van der Waals surface area (Å²) in [6.07, 6.45) is 3.92. The third-order valence-corrected chi connectivity index (χ3v) is 3.39. The second-order valence-corrected chi connectivity index (χ2v) is 4.69. The molecule has 0 unspecified atom stereocenters. The lowest BCUT2D eigenvalue weighted by Gasteiger charge is -2.16. The molecule has 2 aromatic heterocycles.